The van der Waals surface area contributed by atoms with Gasteiger partial charge in [-0.05, 0) is 87.9 Å². The van der Waals surface area contributed by atoms with Crippen LogP contribution in [0, 0.1) is 41.4 Å². The van der Waals surface area contributed by atoms with Crippen LogP contribution in [-0.4, -0.2) is 27.2 Å². The second-order valence-corrected chi connectivity index (χ2v) is 7.65. The molecule has 2 nitrogen and oxygen atoms in total. The fourth-order valence-corrected chi connectivity index (χ4v) is 5.16. The molecule has 0 radical (unpaired) electrons. The van der Waals surface area contributed by atoms with E-state index in [1.807, 2.05) is 0 Å². The number of fused-ring (bicyclic) bond motifs is 4. The Balaban J connectivity index is 0.000000140. The van der Waals surface area contributed by atoms with Gasteiger partial charge in [0.25, 0.3) is 0 Å². The third kappa shape index (κ3) is 3.12. The molecule has 0 amide bonds. The van der Waals surface area contributed by atoms with Crippen LogP contribution in [0.2, 0.25) is 0 Å². The Labute approximate surface area is 130 Å². The van der Waals surface area contributed by atoms with Gasteiger partial charge in [-0.1, -0.05) is 31.2 Å². The molecule has 4 aliphatic carbocycles. The summed E-state index contributed by atoms with van der Waals surface area (Å²) in [6, 6.07) is 0. The Morgan fingerprint density at radius 1 is 0.762 bits per heavy atom. The molecular formula is C19H32N2. The van der Waals surface area contributed by atoms with E-state index in [9.17, 15) is 0 Å². The Bertz CT molecular complexity index is 380. The molecule has 0 aromatic rings. The van der Waals surface area contributed by atoms with E-state index in [0.29, 0.717) is 0 Å². The summed E-state index contributed by atoms with van der Waals surface area (Å²) in [5, 5.41) is 6.64. The number of hydrogen-bond donors (Lipinski definition) is 2. The predicted octanol–water partition coefficient (Wildman–Crippen LogP) is 3.08. The van der Waals surface area contributed by atoms with Gasteiger partial charge in [0.1, 0.15) is 0 Å². The fourth-order valence-electron chi connectivity index (χ4n) is 5.16. The van der Waals surface area contributed by atoms with Gasteiger partial charge in [-0.3, -0.25) is 0 Å². The predicted molar refractivity (Wildman–Crippen MR) is 90.1 cm³/mol. The molecule has 0 heterocycles. The van der Waals surface area contributed by atoms with Crippen LogP contribution in [0.5, 0.6) is 0 Å². The first-order valence-electron chi connectivity index (χ1n) is 8.88. The zero-order chi connectivity index (χ0) is 14.8. The second-order valence-electron chi connectivity index (χ2n) is 7.65. The van der Waals surface area contributed by atoms with Gasteiger partial charge < -0.3 is 10.6 Å². The van der Waals surface area contributed by atoms with Crippen molar-refractivity contribution in [2.45, 2.75) is 26.2 Å². The first-order chi connectivity index (χ1) is 10.2. The third-order valence-corrected chi connectivity index (χ3v) is 6.29. The number of rotatable bonds is 4. The fraction of sp³-hybridized carbons (Fsp3) is 0.789. The number of hydrogen-bond acceptors (Lipinski definition) is 2. The first kappa shape index (κ1) is 15.3. The van der Waals surface area contributed by atoms with Crippen LogP contribution in [0.25, 0.3) is 0 Å². The lowest BCUT2D eigenvalue weighted by atomic mass is 9.83. The highest BCUT2D eigenvalue weighted by molar-refractivity contribution is 5.14. The van der Waals surface area contributed by atoms with E-state index < -0.39 is 0 Å². The van der Waals surface area contributed by atoms with Gasteiger partial charge in [0.15, 0.2) is 0 Å². The lowest BCUT2D eigenvalue weighted by molar-refractivity contribution is 0.297. The zero-order valence-electron chi connectivity index (χ0n) is 13.9. The second kappa shape index (κ2) is 6.66. The van der Waals surface area contributed by atoms with E-state index in [4.69, 9.17) is 0 Å². The van der Waals surface area contributed by atoms with E-state index in [1.165, 1.54) is 32.4 Å². The molecule has 4 bridgehead atoms. The highest BCUT2D eigenvalue weighted by Gasteiger charge is 2.43. The van der Waals surface area contributed by atoms with E-state index in [2.05, 4.69) is 56.0 Å². The van der Waals surface area contributed by atoms with Crippen molar-refractivity contribution in [3.05, 3.63) is 24.3 Å². The molecule has 2 saturated carbocycles. The van der Waals surface area contributed by atoms with Crippen LogP contribution in [0.15, 0.2) is 24.3 Å². The first-order valence-corrected chi connectivity index (χ1v) is 8.88. The van der Waals surface area contributed by atoms with Crippen LogP contribution < -0.4 is 10.6 Å². The summed E-state index contributed by atoms with van der Waals surface area (Å²) < 4.78 is 0. The molecule has 2 heteroatoms. The molecule has 2 fully saturated rings. The molecule has 0 spiro atoms. The molecule has 0 aliphatic heterocycles. The van der Waals surface area contributed by atoms with Gasteiger partial charge in [0.05, 0.1) is 0 Å². The molecule has 0 aromatic carbocycles. The largest absolute Gasteiger partial charge is 0.319 e. The smallest absolute Gasteiger partial charge is 0.00145 e. The minimum absolute atomic E-state index is 0.857. The highest BCUT2D eigenvalue weighted by Crippen LogP contribution is 2.47. The summed E-state index contributed by atoms with van der Waals surface area (Å²) in [6.45, 7) is 4.73. The molecule has 118 valence electrons. The molecule has 2 N–H and O–H groups in total. The van der Waals surface area contributed by atoms with Crippen LogP contribution >= 0.6 is 0 Å². The molecule has 0 aromatic heterocycles. The number of nitrogens with one attached hydrogen (secondary N) is 2. The third-order valence-electron chi connectivity index (χ3n) is 6.29. The Morgan fingerprint density at radius 3 is 1.67 bits per heavy atom. The molecule has 7 unspecified atom stereocenters. The lowest BCUT2D eigenvalue weighted by Gasteiger charge is -2.27. The van der Waals surface area contributed by atoms with E-state index >= 15 is 0 Å². The maximum atomic E-state index is 3.32. The van der Waals surface area contributed by atoms with Crippen molar-refractivity contribution in [3.63, 3.8) is 0 Å². The van der Waals surface area contributed by atoms with Gasteiger partial charge in [0, 0.05) is 0 Å². The Morgan fingerprint density at radius 2 is 1.33 bits per heavy atom. The van der Waals surface area contributed by atoms with Gasteiger partial charge in [-0.2, -0.15) is 0 Å². The van der Waals surface area contributed by atoms with E-state index in [1.54, 1.807) is 0 Å². The molecule has 4 aliphatic rings. The summed E-state index contributed by atoms with van der Waals surface area (Å²) >= 11 is 0. The Kier molecular flexibility index (Phi) is 4.85. The normalized spacial score (nSPS) is 45.2. The molecule has 21 heavy (non-hydrogen) atoms. The lowest BCUT2D eigenvalue weighted by Crippen LogP contribution is -2.34. The minimum atomic E-state index is 0.857. The van der Waals surface area contributed by atoms with Crippen LogP contribution in [0.4, 0.5) is 0 Å². The van der Waals surface area contributed by atoms with Crippen molar-refractivity contribution in [2.24, 2.45) is 41.4 Å². The summed E-state index contributed by atoms with van der Waals surface area (Å²) in [6.07, 6.45) is 14.0. The standard InChI is InChI=1S/C11H20N2.C8H12/c1-12-6-10-8-3-4-9(5-8)11(10)7-13-2;1-6-4-7-2-3-8(6)5-7/h3-4,8-13H,5-7H2,1-2H3;2-3,6-8H,4-5H2,1H3. The maximum absolute atomic E-state index is 3.32. The molecule has 0 saturated heterocycles. The van der Waals surface area contributed by atoms with Crippen molar-refractivity contribution >= 4 is 0 Å². The van der Waals surface area contributed by atoms with Crippen molar-refractivity contribution in [1.29, 1.82) is 0 Å². The van der Waals surface area contributed by atoms with Crippen molar-refractivity contribution in [2.75, 3.05) is 27.2 Å². The molecule has 4 rings (SSSR count). The minimum Gasteiger partial charge on any atom is -0.319 e. The average Bonchev–Trinajstić information content (AvgIpc) is 3.22. The quantitative estimate of drug-likeness (QED) is 0.777. The van der Waals surface area contributed by atoms with Crippen LogP contribution in [0.3, 0.4) is 0 Å². The van der Waals surface area contributed by atoms with Crippen molar-refractivity contribution in [1.82, 2.24) is 10.6 Å². The van der Waals surface area contributed by atoms with E-state index in [0.717, 1.165) is 41.4 Å². The summed E-state index contributed by atoms with van der Waals surface area (Å²) in [5.74, 6) is 6.37. The van der Waals surface area contributed by atoms with Gasteiger partial charge in [-0.25, -0.2) is 0 Å². The highest BCUT2D eigenvalue weighted by atomic mass is 14.9. The summed E-state index contributed by atoms with van der Waals surface area (Å²) in [7, 11) is 4.12. The topological polar surface area (TPSA) is 24.1 Å². The van der Waals surface area contributed by atoms with Gasteiger partial charge in [0.2, 0.25) is 0 Å². The monoisotopic (exact) mass is 288 g/mol. The number of allylic oxidation sites excluding steroid dienone is 4. The molecule has 7 atom stereocenters. The van der Waals surface area contributed by atoms with Gasteiger partial charge >= 0.3 is 0 Å². The average molecular weight is 288 g/mol. The van der Waals surface area contributed by atoms with Crippen LogP contribution in [0.1, 0.15) is 26.2 Å². The summed E-state index contributed by atoms with van der Waals surface area (Å²) in [4.78, 5) is 0. The van der Waals surface area contributed by atoms with E-state index in [-0.39, 0.29) is 0 Å². The van der Waals surface area contributed by atoms with Crippen molar-refractivity contribution < 1.29 is 0 Å². The zero-order valence-corrected chi connectivity index (χ0v) is 13.9. The maximum Gasteiger partial charge on any atom is -0.00145 e. The van der Waals surface area contributed by atoms with Crippen molar-refractivity contribution in [3.8, 4) is 0 Å². The molecular weight excluding hydrogens is 256 g/mol. The van der Waals surface area contributed by atoms with Gasteiger partial charge in [-0.15, -0.1) is 0 Å². The Hall–Kier alpha value is -0.600. The SMILES string of the molecule is CC1CC2C=CC1C2.CNCC1C2C=CC(C2)C1CNC. The van der Waals surface area contributed by atoms with Crippen LogP contribution in [-0.2, 0) is 0 Å². The summed E-state index contributed by atoms with van der Waals surface area (Å²) in [5.41, 5.74) is 0.